The first-order valence-corrected chi connectivity index (χ1v) is 7.40. The highest BCUT2D eigenvalue weighted by Gasteiger charge is 2.42. The molecule has 1 aromatic heterocycles. The largest absolute Gasteiger partial charge is 0.393 e. The van der Waals surface area contributed by atoms with Crippen LogP contribution in [0.3, 0.4) is 0 Å². The molecule has 1 atom stereocenters. The monoisotopic (exact) mass is 301 g/mol. The maximum atomic E-state index is 12.9. The Labute approximate surface area is 123 Å². The Morgan fingerprint density at radius 3 is 2.76 bits per heavy atom. The van der Waals surface area contributed by atoms with Gasteiger partial charge in [0.1, 0.15) is 5.82 Å². The number of hydrogen-bond donors (Lipinski definition) is 1. The molecule has 2 heterocycles. The van der Waals surface area contributed by atoms with E-state index in [-0.39, 0.29) is 13.0 Å². The van der Waals surface area contributed by atoms with Crippen LogP contribution in [0.1, 0.15) is 31.0 Å². The number of hydrogen-bond acceptors (Lipinski definition) is 3. The molecule has 0 aliphatic carbocycles. The number of pyridine rings is 1. The van der Waals surface area contributed by atoms with Crippen LogP contribution < -0.4 is 10.2 Å². The summed E-state index contributed by atoms with van der Waals surface area (Å²) in [6, 6.07) is 3.90. The van der Waals surface area contributed by atoms with E-state index in [1.54, 1.807) is 4.90 Å². The Hall–Kier alpha value is -1.30. The summed E-state index contributed by atoms with van der Waals surface area (Å²) >= 11 is 0. The Morgan fingerprint density at radius 1 is 1.38 bits per heavy atom. The van der Waals surface area contributed by atoms with Crippen LogP contribution in [-0.2, 0) is 13.0 Å². The molecular formula is C15H22F3N3. The molecule has 2 rings (SSSR count). The van der Waals surface area contributed by atoms with Gasteiger partial charge in [-0.3, -0.25) is 0 Å². The number of nitrogens with zero attached hydrogens (tertiary/aromatic N) is 2. The Bertz CT molecular complexity index is 474. The fourth-order valence-electron chi connectivity index (χ4n) is 2.73. The molecule has 1 unspecified atom stereocenters. The van der Waals surface area contributed by atoms with E-state index in [0.717, 1.165) is 17.7 Å². The lowest BCUT2D eigenvalue weighted by Crippen LogP contribution is -2.42. The third-order valence-corrected chi connectivity index (χ3v) is 3.88. The van der Waals surface area contributed by atoms with Crippen molar-refractivity contribution in [1.29, 1.82) is 0 Å². The Balaban J connectivity index is 2.21. The molecule has 21 heavy (non-hydrogen) atoms. The second kappa shape index (κ2) is 6.64. The van der Waals surface area contributed by atoms with Gasteiger partial charge in [0.05, 0.1) is 5.92 Å². The summed E-state index contributed by atoms with van der Waals surface area (Å²) in [6.07, 6.45) is -2.56. The summed E-state index contributed by atoms with van der Waals surface area (Å²) < 4.78 is 38.8. The topological polar surface area (TPSA) is 28.2 Å². The minimum atomic E-state index is -4.12. The predicted octanol–water partition coefficient (Wildman–Crippen LogP) is 3.14. The molecule has 0 radical (unpaired) electrons. The van der Waals surface area contributed by atoms with Crippen LogP contribution in [0.15, 0.2) is 12.1 Å². The van der Waals surface area contributed by atoms with Gasteiger partial charge in [-0.1, -0.05) is 6.92 Å². The van der Waals surface area contributed by atoms with Crippen LogP contribution in [0.4, 0.5) is 19.0 Å². The summed E-state index contributed by atoms with van der Waals surface area (Å²) in [7, 11) is 1.85. The number of aromatic nitrogens is 1. The second-order valence-corrected chi connectivity index (χ2v) is 5.54. The summed E-state index contributed by atoms with van der Waals surface area (Å²) in [5.74, 6) is -0.570. The van der Waals surface area contributed by atoms with Gasteiger partial charge < -0.3 is 10.2 Å². The molecule has 0 spiro atoms. The summed E-state index contributed by atoms with van der Waals surface area (Å²) in [5, 5.41) is 3.07. The Morgan fingerprint density at radius 2 is 2.14 bits per heavy atom. The van der Waals surface area contributed by atoms with Gasteiger partial charge in [0, 0.05) is 25.3 Å². The number of rotatable bonds is 4. The first kappa shape index (κ1) is 16.1. The van der Waals surface area contributed by atoms with Gasteiger partial charge in [-0.15, -0.1) is 0 Å². The lowest BCUT2D eigenvalue weighted by atomic mass is 9.97. The zero-order valence-electron chi connectivity index (χ0n) is 12.5. The van der Waals surface area contributed by atoms with E-state index in [1.807, 2.05) is 26.1 Å². The number of piperidine rings is 1. The van der Waals surface area contributed by atoms with E-state index in [4.69, 9.17) is 0 Å². The van der Waals surface area contributed by atoms with E-state index in [1.165, 1.54) is 0 Å². The number of anilines is 1. The van der Waals surface area contributed by atoms with Crippen molar-refractivity contribution < 1.29 is 13.2 Å². The van der Waals surface area contributed by atoms with E-state index >= 15 is 0 Å². The van der Waals surface area contributed by atoms with Gasteiger partial charge in [0.15, 0.2) is 0 Å². The quantitative estimate of drug-likeness (QED) is 0.926. The highest BCUT2D eigenvalue weighted by Crippen LogP contribution is 2.34. The first-order chi connectivity index (χ1) is 9.94. The zero-order chi connectivity index (χ0) is 15.5. The molecule has 1 fully saturated rings. The molecule has 1 N–H and O–H groups in total. The molecule has 1 aliphatic heterocycles. The van der Waals surface area contributed by atoms with Gasteiger partial charge >= 0.3 is 6.18 Å². The molecule has 0 bridgehead atoms. The molecule has 0 aromatic carbocycles. The van der Waals surface area contributed by atoms with Gasteiger partial charge in [-0.05, 0) is 44.0 Å². The smallest absolute Gasteiger partial charge is 0.356 e. The molecule has 3 nitrogen and oxygen atoms in total. The van der Waals surface area contributed by atoms with Crippen LogP contribution in [0.2, 0.25) is 0 Å². The number of aryl methyl sites for hydroxylation is 1. The van der Waals surface area contributed by atoms with Crippen molar-refractivity contribution in [3.8, 4) is 0 Å². The standard InChI is InChI=1S/C15H22F3N3/c1-3-13-7-11(9-19-2)8-14(20-13)21-6-4-5-12(10-21)15(16,17)18/h7-8,12,19H,3-6,9-10H2,1-2H3. The number of nitrogens with one attached hydrogen (secondary N) is 1. The highest BCUT2D eigenvalue weighted by atomic mass is 19.4. The zero-order valence-corrected chi connectivity index (χ0v) is 12.5. The summed E-state index contributed by atoms with van der Waals surface area (Å²) in [5.41, 5.74) is 1.99. The van der Waals surface area contributed by atoms with Crippen molar-refractivity contribution in [2.24, 2.45) is 5.92 Å². The average Bonchev–Trinajstić information content (AvgIpc) is 2.46. The van der Waals surface area contributed by atoms with Gasteiger partial charge in [-0.2, -0.15) is 13.2 Å². The van der Waals surface area contributed by atoms with Gasteiger partial charge in [-0.25, -0.2) is 4.98 Å². The fourth-order valence-corrected chi connectivity index (χ4v) is 2.73. The predicted molar refractivity (Wildman–Crippen MR) is 77.4 cm³/mol. The Kier molecular flexibility index (Phi) is 5.08. The lowest BCUT2D eigenvalue weighted by molar-refractivity contribution is -0.176. The van der Waals surface area contributed by atoms with E-state index < -0.39 is 12.1 Å². The van der Waals surface area contributed by atoms with Crippen molar-refractivity contribution in [3.63, 3.8) is 0 Å². The molecule has 6 heteroatoms. The molecule has 1 saturated heterocycles. The highest BCUT2D eigenvalue weighted by molar-refractivity contribution is 5.43. The van der Waals surface area contributed by atoms with Crippen LogP contribution in [0.25, 0.3) is 0 Å². The SMILES string of the molecule is CCc1cc(CNC)cc(N2CCCC(C(F)(F)F)C2)n1. The van der Waals surface area contributed by atoms with Crippen LogP contribution in [-0.4, -0.2) is 31.3 Å². The summed E-state index contributed by atoms with van der Waals surface area (Å²) in [4.78, 5) is 6.28. The maximum Gasteiger partial charge on any atom is 0.393 e. The van der Waals surface area contributed by atoms with Crippen molar-refractivity contribution in [1.82, 2.24) is 10.3 Å². The van der Waals surface area contributed by atoms with Crippen LogP contribution in [0, 0.1) is 5.92 Å². The van der Waals surface area contributed by atoms with Crippen molar-refractivity contribution >= 4 is 5.82 Å². The van der Waals surface area contributed by atoms with E-state index in [0.29, 0.717) is 25.3 Å². The maximum absolute atomic E-state index is 12.9. The number of halogens is 3. The van der Waals surface area contributed by atoms with Gasteiger partial charge in [0.25, 0.3) is 0 Å². The molecule has 0 amide bonds. The molecule has 0 saturated carbocycles. The van der Waals surface area contributed by atoms with Gasteiger partial charge in [0.2, 0.25) is 0 Å². The number of alkyl halides is 3. The minimum Gasteiger partial charge on any atom is -0.356 e. The molecule has 1 aromatic rings. The van der Waals surface area contributed by atoms with Crippen LogP contribution >= 0.6 is 0 Å². The first-order valence-electron chi connectivity index (χ1n) is 7.40. The fraction of sp³-hybridized carbons (Fsp3) is 0.667. The van der Waals surface area contributed by atoms with Crippen molar-refractivity contribution in [2.75, 3.05) is 25.0 Å². The average molecular weight is 301 g/mol. The van der Waals surface area contributed by atoms with Crippen LogP contribution in [0.5, 0.6) is 0 Å². The van der Waals surface area contributed by atoms with E-state index in [2.05, 4.69) is 10.3 Å². The molecule has 1 aliphatic rings. The summed E-state index contributed by atoms with van der Waals surface area (Å²) in [6.45, 7) is 3.36. The minimum absolute atomic E-state index is 0.0165. The molecule has 118 valence electrons. The van der Waals surface area contributed by atoms with Crippen molar-refractivity contribution in [2.45, 2.75) is 38.9 Å². The third-order valence-electron chi connectivity index (χ3n) is 3.88. The lowest BCUT2D eigenvalue weighted by Gasteiger charge is -2.34. The third kappa shape index (κ3) is 4.09. The van der Waals surface area contributed by atoms with E-state index in [9.17, 15) is 13.2 Å². The van der Waals surface area contributed by atoms with Crippen molar-refractivity contribution in [3.05, 3.63) is 23.4 Å². The second-order valence-electron chi connectivity index (χ2n) is 5.54. The molecular weight excluding hydrogens is 279 g/mol. The normalized spacial score (nSPS) is 19.9.